The van der Waals surface area contributed by atoms with Crippen molar-refractivity contribution < 1.29 is 10.2 Å². The average molecular weight is 465 g/mol. The van der Waals surface area contributed by atoms with Gasteiger partial charge >= 0.3 is 0 Å². The Kier molecular flexibility index (Phi) is 7.31. The lowest BCUT2D eigenvalue weighted by molar-refractivity contribution is 0.461. The van der Waals surface area contributed by atoms with E-state index in [1.165, 1.54) is 0 Å². The van der Waals surface area contributed by atoms with E-state index in [1.807, 2.05) is 0 Å². The molecular formula is C33H36O2. The number of aromatic hydroxyl groups is 2. The summed E-state index contributed by atoms with van der Waals surface area (Å²) in [6.45, 7) is 8.37. The molecule has 0 aliphatic rings. The molecule has 0 saturated heterocycles. The maximum absolute atomic E-state index is 11.0. The molecule has 0 aliphatic carbocycles. The highest BCUT2D eigenvalue weighted by Crippen LogP contribution is 2.48. The van der Waals surface area contributed by atoms with Crippen molar-refractivity contribution in [3.05, 3.63) is 129 Å². The molecule has 4 aromatic carbocycles. The van der Waals surface area contributed by atoms with Gasteiger partial charge in [-0.1, -0.05) is 113 Å². The predicted octanol–water partition coefficient (Wildman–Crippen LogP) is 7.73. The van der Waals surface area contributed by atoms with Gasteiger partial charge in [-0.25, -0.2) is 0 Å². The van der Waals surface area contributed by atoms with E-state index in [1.54, 1.807) is 0 Å². The fourth-order valence-electron chi connectivity index (χ4n) is 5.41. The van der Waals surface area contributed by atoms with Crippen molar-refractivity contribution >= 4 is 0 Å². The number of aryl methyl sites for hydroxylation is 4. The van der Waals surface area contributed by atoms with Crippen molar-refractivity contribution in [1.82, 2.24) is 0 Å². The van der Waals surface area contributed by atoms with E-state index in [0.717, 1.165) is 70.2 Å². The number of benzene rings is 4. The zero-order valence-electron chi connectivity index (χ0n) is 21.3. The van der Waals surface area contributed by atoms with E-state index in [-0.39, 0.29) is 0 Å². The standard InChI is InChI=1S/C33H36O2/c1-5-23-19-29(20-24(6-2)31(23)34)33(27-15-11-9-12-16-27,28-17-13-10-14-18-28)30-21-25(7-3)32(35)26(8-4)22-30/h9-22,34-35H,5-8H2,1-4H3. The number of hydrogen-bond donors (Lipinski definition) is 2. The minimum Gasteiger partial charge on any atom is -0.507 e. The second-order valence-electron chi connectivity index (χ2n) is 9.18. The van der Waals surface area contributed by atoms with Crippen LogP contribution in [0.4, 0.5) is 0 Å². The molecule has 180 valence electrons. The molecule has 0 radical (unpaired) electrons. The monoisotopic (exact) mass is 464 g/mol. The Balaban J connectivity index is 2.23. The van der Waals surface area contributed by atoms with Crippen LogP contribution in [0.3, 0.4) is 0 Å². The van der Waals surface area contributed by atoms with E-state index < -0.39 is 5.41 Å². The summed E-state index contributed by atoms with van der Waals surface area (Å²) < 4.78 is 0. The average Bonchev–Trinajstić information content (AvgIpc) is 2.91. The van der Waals surface area contributed by atoms with Gasteiger partial charge < -0.3 is 10.2 Å². The maximum atomic E-state index is 11.0. The van der Waals surface area contributed by atoms with E-state index in [2.05, 4.69) is 113 Å². The fraction of sp³-hybridized carbons (Fsp3) is 0.273. The zero-order valence-corrected chi connectivity index (χ0v) is 21.3. The van der Waals surface area contributed by atoms with E-state index >= 15 is 0 Å². The fourth-order valence-corrected chi connectivity index (χ4v) is 5.41. The minimum atomic E-state index is -0.606. The highest BCUT2D eigenvalue weighted by atomic mass is 16.3. The van der Waals surface area contributed by atoms with Crippen molar-refractivity contribution in [1.29, 1.82) is 0 Å². The summed E-state index contributed by atoms with van der Waals surface area (Å²) in [4.78, 5) is 0. The third-order valence-electron chi connectivity index (χ3n) is 7.34. The van der Waals surface area contributed by atoms with Gasteiger partial charge in [0.25, 0.3) is 0 Å². The largest absolute Gasteiger partial charge is 0.507 e. The molecule has 0 aliphatic heterocycles. The molecule has 2 heteroatoms. The van der Waals surface area contributed by atoms with Crippen LogP contribution in [-0.4, -0.2) is 10.2 Å². The van der Waals surface area contributed by atoms with Crippen LogP contribution in [0.25, 0.3) is 0 Å². The molecule has 4 rings (SSSR count). The highest BCUT2D eigenvalue weighted by Gasteiger charge is 2.39. The summed E-state index contributed by atoms with van der Waals surface area (Å²) in [5.74, 6) is 0.811. The van der Waals surface area contributed by atoms with Crippen LogP contribution >= 0.6 is 0 Å². The molecule has 0 heterocycles. The van der Waals surface area contributed by atoms with Gasteiger partial charge in [0, 0.05) is 0 Å². The van der Waals surface area contributed by atoms with Crippen LogP contribution < -0.4 is 0 Å². The summed E-state index contributed by atoms with van der Waals surface area (Å²) in [5.41, 5.74) is 7.83. The van der Waals surface area contributed by atoms with Gasteiger partial charge in [-0.15, -0.1) is 0 Å². The van der Waals surface area contributed by atoms with E-state index in [4.69, 9.17) is 0 Å². The van der Waals surface area contributed by atoms with Crippen LogP contribution in [0.15, 0.2) is 84.9 Å². The molecular weight excluding hydrogens is 428 g/mol. The van der Waals surface area contributed by atoms with Crippen molar-refractivity contribution in [2.24, 2.45) is 0 Å². The number of rotatable bonds is 8. The van der Waals surface area contributed by atoms with Crippen molar-refractivity contribution in [3.63, 3.8) is 0 Å². The highest BCUT2D eigenvalue weighted by molar-refractivity contribution is 5.64. The van der Waals surface area contributed by atoms with Crippen LogP contribution in [0.5, 0.6) is 11.5 Å². The smallest absolute Gasteiger partial charge is 0.121 e. The summed E-state index contributed by atoms with van der Waals surface area (Å²) in [6.07, 6.45) is 3.01. The van der Waals surface area contributed by atoms with Crippen LogP contribution in [0.1, 0.15) is 72.2 Å². The van der Waals surface area contributed by atoms with Crippen molar-refractivity contribution in [2.45, 2.75) is 58.8 Å². The van der Waals surface area contributed by atoms with Gasteiger partial charge in [0.15, 0.2) is 0 Å². The summed E-state index contributed by atoms with van der Waals surface area (Å²) in [6, 6.07) is 30.0. The molecule has 0 unspecified atom stereocenters. The second-order valence-corrected chi connectivity index (χ2v) is 9.18. The third kappa shape index (κ3) is 4.23. The Morgan fingerprint density at radius 3 is 1.00 bits per heavy atom. The minimum absolute atomic E-state index is 0.406. The maximum Gasteiger partial charge on any atom is 0.121 e. The number of hydrogen-bond acceptors (Lipinski definition) is 2. The first-order valence-corrected chi connectivity index (χ1v) is 12.8. The Hall–Kier alpha value is -3.52. The summed E-state index contributed by atoms with van der Waals surface area (Å²) in [5, 5.41) is 21.9. The van der Waals surface area contributed by atoms with Crippen molar-refractivity contribution in [3.8, 4) is 11.5 Å². The van der Waals surface area contributed by atoms with E-state index in [9.17, 15) is 10.2 Å². The molecule has 2 nitrogen and oxygen atoms in total. The Bertz CT molecular complexity index is 1140. The van der Waals surface area contributed by atoms with Crippen molar-refractivity contribution in [2.75, 3.05) is 0 Å². The van der Waals surface area contributed by atoms with Crippen LogP contribution in [-0.2, 0) is 31.1 Å². The molecule has 2 N–H and O–H groups in total. The molecule has 0 saturated carbocycles. The SMILES string of the molecule is CCc1cc(C(c2ccccc2)(c2ccccc2)c2cc(CC)c(O)c(CC)c2)cc(CC)c1O. The lowest BCUT2D eigenvalue weighted by atomic mass is 9.64. The Morgan fingerprint density at radius 2 is 0.743 bits per heavy atom. The van der Waals surface area contributed by atoms with Gasteiger partial charge in [-0.05, 0) is 70.2 Å². The summed E-state index contributed by atoms with van der Waals surface area (Å²) >= 11 is 0. The van der Waals surface area contributed by atoms with Gasteiger partial charge in [0.2, 0.25) is 0 Å². The Labute approximate surface area is 209 Å². The molecule has 0 aromatic heterocycles. The topological polar surface area (TPSA) is 40.5 Å². The molecule has 0 bridgehead atoms. The van der Waals surface area contributed by atoms with Gasteiger partial charge in [0.05, 0.1) is 5.41 Å². The molecule has 0 amide bonds. The quantitative estimate of drug-likeness (QED) is 0.262. The number of phenolic OH excluding ortho intramolecular Hbond substituents is 2. The van der Waals surface area contributed by atoms with Gasteiger partial charge in [-0.2, -0.15) is 0 Å². The molecule has 0 spiro atoms. The second kappa shape index (κ2) is 10.4. The molecule has 0 fully saturated rings. The Morgan fingerprint density at radius 1 is 0.457 bits per heavy atom. The molecule has 4 aromatic rings. The normalized spacial score (nSPS) is 11.5. The van der Waals surface area contributed by atoms with Crippen LogP contribution in [0, 0.1) is 0 Å². The molecule has 35 heavy (non-hydrogen) atoms. The third-order valence-corrected chi connectivity index (χ3v) is 7.34. The first-order chi connectivity index (χ1) is 17.0. The lowest BCUT2D eigenvalue weighted by Crippen LogP contribution is -2.31. The zero-order chi connectivity index (χ0) is 25.0. The first-order valence-electron chi connectivity index (χ1n) is 12.8. The molecule has 0 atom stereocenters. The van der Waals surface area contributed by atoms with Crippen LogP contribution in [0.2, 0.25) is 0 Å². The van der Waals surface area contributed by atoms with Gasteiger partial charge in [0.1, 0.15) is 11.5 Å². The van der Waals surface area contributed by atoms with Gasteiger partial charge in [-0.3, -0.25) is 0 Å². The first kappa shape index (κ1) is 24.6. The lowest BCUT2D eigenvalue weighted by Gasteiger charge is -2.38. The predicted molar refractivity (Wildman–Crippen MR) is 146 cm³/mol. The summed E-state index contributed by atoms with van der Waals surface area (Å²) in [7, 11) is 0. The number of phenols is 2. The van der Waals surface area contributed by atoms with E-state index in [0.29, 0.717) is 11.5 Å².